The Kier molecular flexibility index (Phi) is 5.60. The second-order valence-corrected chi connectivity index (χ2v) is 11.7. The second-order valence-electron chi connectivity index (χ2n) is 10.7. The van der Waals surface area contributed by atoms with Crippen molar-refractivity contribution < 1.29 is 14.6 Å². The van der Waals surface area contributed by atoms with Crippen LogP contribution in [0.15, 0.2) is 76.6 Å². The number of pyridine rings is 1. The summed E-state index contributed by atoms with van der Waals surface area (Å²) >= 11 is 1.77. The number of ether oxygens (including phenoxy) is 1. The average molecular weight is 516 g/mol. The van der Waals surface area contributed by atoms with Crippen LogP contribution in [-0.2, 0) is 5.75 Å². The van der Waals surface area contributed by atoms with E-state index in [1.54, 1.807) is 27.5 Å². The summed E-state index contributed by atoms with van der Waals surface area (Å²) in [6.07, 6.45) is 5.56. The van der Waals surface area contributed by atoms with Gasteiger partial charge in [0.25, 0.3) is 5.91 Å². The zero-order chi connectivity index (χ0) is 25.9. The summed E-state index contributed by atoms with van der Waals surface area (Å²) in [5, 5.41) is 13.0. The molecule has 0 spiro atoms. The first kappa shape index (κ1) is 23.7. The molecule has 0 radical (unpaired) electrons. The molecule has 190 valence electrons. The van der Waals surface area contributed by atoms with Gasteiger partial charge in [-0.15, -0.1) is 11.8 Å². The number of aromatic hydroxyl groups is 1. The Hall–Kier alpha value is -3.65. The molecule has 1 amide bonds. The molecule has 0 unspecified atom stereocenters. The third-order valence-corrected chi connectivity index (χ3v) is 8.43. The van der Waals surface area contributed by atoms with Crippen LogP contribution in [0.25, 0.3) is 0 Å². The second kappa shape index (κ2) is 8.73. The van der Waals surface area contributed by atoms with Crippen LogP contribution in [0.5, 0.6) is 11.5 Å². The lowest BCUT2D eigenvalue weighted by molar-refractivity contribution is 0.0505. The van der Waals surface area contributed by atoms with E-state index >= 15 is 0 Å². The van der Waals surface area contributed by atoms with Crippen LogP contribution in [-0.4, -0.2) is 39.9 Å². The van der Waals surface area contributed by atoms with E-state index < -0.39 is 11.2 Å². The van der Waals surface area contributed by atoms with Crippen LogP contribution < -0.4 is 15.2 Å². The van der Waals surface area contributed by atoms with Gasteiger partial charge in [0.05, 0.1) is 6.04 Å². The van der Waals surface area contributed by atoms with Crippen LogP contribution in [0.3, 0.4) is 0 Å². The summed E-state index contributed by atoms with van der Waals surface area (Å²) in [7, 11) is 0. The summed E-state index contributed by atoms with van der Waals surface area (Å²) in [6.45, 7) is 6.87. The molecule has 0 aliphatic carbocycles. The van der Waals surface area contributed by atoms with Crippen molar-refractivity contribution in [1.82, 2.24) is 9.58 Å². The number of nitrogens with zero attached hydrogens (tertiary/aromatic N) is 3. The molecule has 1 aromatic heterocycles. The highest BCUT2D eigenvalue weighted by atomic mass is 32.2. The molecule has 2 aromatic carbocycles. The Morgan fingerprint density at radius 3 is 2.68 bits per heavy atom. The van der Waals surface area contributed by atoms with Crippen molar-refractivity contribution in [2.24, 2.45) is 5.41 Å². The number of carbonyl (C=O) groups excluding carboxylic acids is 1. The first-order chi connectivity index (χ1) is 17.8. The first-order valence-electron chi connectivity index (χ1n) is 12.4. The third-order valence-electron chi connectivity index (χ3n) is 7.29. The minimum Gasteiger partial charge on any atom is -0.502 e. The Morgan fingerprint density at radius 2 is 1.86 bits per heavy atom. The van der Waals surface area contributed by atoms with Crippen LogP contribution in [0.2, 0.25) is 0 Å². The minimum absolute atomic E-state index is 0.0185. The molecule has 8 heteroatoms. The monoisotopic (exact) mass is 515 g/mol. The molecular formula is C29H29N3O4S. The predicted octanol–water partition coefficient (Wildman–Crippen LogP) is 4.66. The third kappa shape index (κ3) is 3.82. The van der Waals surface area contributed by atoms with Gasteiger partial charge in [0, 0.05) is 28.5 Å². The van der Waals surface area contributed by atoms with E-state index in [-0.39, 0.29) is 35.8 Å². The summed E-state index contributed by atoms with van der Waals surface area (Å²) in [5.74, 6) is 0.656. The van der Waals surface area contributed by atoms with Crippen molar-refractivity contribution in [3.8, 4) is 11.5 Å². The number of aromatic nitrogens is 1. The fraction of sp³-hybridized carbons (Fsp3) is 0.310. The maximum Gasteiger partial charge on any atom is 0.278 e. The van der Waals surface area contributed by atoms with Gasteiger partial charge in [-0.1, -0.05) is 57.2 Å². The first-order valence-corrected chi connectivity index (χ1v) is 13.4. The van der Waals surface area contributed by atoms with Gasteiger partial charge in [0.2, 0.25) is 5.43 Å². The van der Waals surface area contributed by atoms with Gasteiger partial charge in [-0.2, -0.15) is 0 Å². The van der Waals surface area contributed by atoms with E-state index in [1.807, 2.05) is 36.4 Å². The maximum absolute atomic E-state index is 14.0. The number of hydrogen-bond acceptors (Lipinski definition) is 6. The average Bonchev–Trinajstić information content (AvgIpc) is 3.04. The van der Waals surface area contributed by atoms with Gasteiger partial charge < -0.3 is 14.7 Å². The number of carbonyl (C=O) groups is 1. The summed E-state index contributed by atoms with van der Waals surface area (Å²) in [5.41, 5.74) is 2.36. The zero-order valence-electron chi connectivity index (χ0n) is 21.0. The quantitative estimate of drug-likeness (QED) is 0.439. The molecule has 6 rings (SSSR count). The maximum atomic E-state index is 14.0. The van der Waals surface area contributed by atoms with Crippen molar-refractivity contribution in [3.63, 3.8) is 0 Å². The fourth-order valence-electron chi connectivity index (χ4n) is 5.57. The highest BCUT2D eigenvalue weighted by molar-refractivity contribution is 7.98. The molecule has 4 heterocycles. The topological polar surface area (TPSA) is 75.0 Å². The van der Waals surface area contributed by atoms with E-state index in [2.05, 4.69) is 44.0 Å². The number of hydrogen-bond donors (Lipinski definition) is 1. The van der Waals surface area contributed by atoms with E-state index in [0.29, 0.717) is 6.61 Å². The van der Waals surface area contributed by atoms with E-state index in [4.69, 9.17) is 4.74 Å². The number of fused-ring (bicyclic) bond motifs is 7. The summed E-state index contributed by atoms with van der Waals surface area (Å²) < 4.78 is 8.03. The Morgan fingerprint density at radius 1 is 1.05 bits per heavy atom. The lowest BCUT2D eigenvalue weighted by Gasteiger charge is -2.48. The van der Waals surface area contributed by atoms with Gasteiger partial charge in [0.15, 0.2) is 11.4 Å². The number of amides is 1. The van der Waals surface area contributed by atoms with E-state index in [9.17, 15) is 14.7 Å². The Balaban J connectivity index is 1.69. The largest absolute Gasteiger partial charge is 0.502 e. The molecule has 3 aliphatic heterocycles. The Labute approximate surface area is 219 Å². The lowest BCUT2D eigenvalue weighted by Crippen LogP contribution is -2.60. The van der Waals surface area contributed by atoms with E-state index in [1.165, 1.54) is 6.07 Å². The standard InChI is InChI=1S/C29H29N3O4S/c1-29(2,3)23-12-7-15-36-21-10-6-8-18-16-37-22-11-5-4-9-19(22)25(24(18)21)32-17-30(23)28(35)26-27(34)20(33)13-14-31(26)32/h4-14,23,25,34H,15-17H2,1-3H3/b12-7+/t23-,25-/m1/s1. The minimum atomic E-state index is -0.574. The molecule has 2 atom stereocenters. The highest BCUT2D eigenvalue weighted by Gasteiger charge is 2.43. The molecule has 1 N–H and O–H groups in total. The van der Waals surface area contributed by atoms with Crippen LogP contribution in [0, 0.1) is 5.41 Å². The molecule has 2 bridgehead atoms. The van der Waals surface area contributed by atoms with Crippen LogP contribution in [0.4, 0.5) is 0 Å². The van der Waals surface area contributed by atoms with E-state index in [0.717, 1.165) is 33.1 Å². The molecule has 0 saturated carbocycles. The fourth-order valence-corrected chi connectivity index (χ4v) is 6.65. The molecule has 3 aromatic rings. The van der Waals surface area contributed by atoms with Gasteiger partial charge in [-0.25, -0.2) is 0 Å². The smallest absolute Gasteiger partial charge is 0.278 e. The van der Waals surface area contributed by atoms with Crippen molar-refractivity contribution in [3.05, 3.63) is 99.5 Å². The van der Waals surface area contributed by atoms with Crippen molar-refractivity contribution in [1.29, 1.82) is 0 Å². The number of benzene rings is 2. The normalized spacial score (nSPS) is 21.5. The SMILES string of the molecule is CC(C)(C)[C@H]1/C=C/COc2cccc3c2[C@@H](c2ccccc2SC3)N2CN1C(=O)c1c(O)c(=O)ccn12. The lowest BCUT2D eigenvalue weighted by atomic mass is 9.85. The van der Waals surface area contributed by atoms with Gasteiger partial charge in [-0.3, -0.25) is 19.3 Å². The summed E-state index contributed by atoms with van der Waals surface area (Å²) in [6, 6.07) is 15.1. The molecule has 7 nitrogen and oxygen atoms in total. The van der Waals surface area contributed by atoms with Crippen molar-refractivity contribution >= 4 is 17.7 Å². The predicted molar refractivity (Wildman–Crippen MR) is 144 cm³/mol. The number of rotatable bonds is 0. The van der Waals surface area contributed by atoms with Gasteiger partial charge in [0.1, 0.15) is 25.1 Å². The van der Waals surface area contributed by atoms with Gasteiger partial charge >= 0.3 is 0 Å². The zero-order valence-corrected chi connectivity index (χ0v) is 21.9. The molecular weight excluding hydrogens is 486 g/mol. The van der Waals surface area contributed by atoms with Crippen molar-refractivity contribution in [2.75, 3.05) is 18.3 Å². The molecule has 0 saturated heterocycles. The number of thioether (sulfide) groups is 1. The molecule has 37 heavy (non-hydrogen) atoms. The Bertz CT molecular complexity index is 1490. The van der Waals surface area contributed by atoms with Crippen LogP contribution >= 0.6 is 11.8 Å². The molecule has 3 aliphatic rings. The molecule has 0 fully saturated rings. The van der Waals surface area contributed by atoms with Gasteiger partial charge in [-0.05, 0) is 34.8 Å². The summed E-state index contributed by atoms with van der Waals surface area (Å²) in [4.78, 5) is 29.4. The van der Waals surface area contributed by atoms with Crippen LogP contribution in [0.1, 0.15) is 54.0 Å². The van der Waals surface area contributed by atoms with Crippen molar-refractivity contribution in [2.45, 2.75) is 43.5 Å². The highest BCUT2D eigenvalue weighted by Crippen LogP contribution is 2.46.